The molecule has 0 unspecified atom stereocenters. The number of carbonyl (C=O) groups excluding carboxylic acids is 1. The van der Waals surface area contributed by atoms with Crippen molar-refractivity contribution < 1.29 is 9.53 Å². The Balaban J connectivity index is 1.54. The van der Waals surface area contributed by atoms with E-state index in [1.54, 1.807) is 11.1 Å². The Kier molecular flexibility index (Phi) is 6.40. The maximum absolute atomic E-state index is 11.8. The standard InChI is InChI=1S/C19H26N6O2/c1-3-27-19(26)25-11-9-16(10-12-25)21-18-22-17(13-20-23-18)24(2)14-15-7-5-4-6-8-15/h4-8,13,16H,3,9-12,14H2,1-2H3,(H,21,22,23). The molecule has 8 heteroatoms. The average molecular weight is 370 g/mol. The van der Waals surface area contributed by atoms with Crippen LogP contribution in [-0.4, -0.2) is 59.0 Å². The summed E-state index contributed by atoms with van der Waals surface area (Å²) in [6.45, 7) is 4.30. The van der Waals surface area contributed by atoms with Gasteiger partial charge in [0.05, 0.1) is 12.8 Å². The molecule has 1 fully saturated rings. The minimum atomic E-state index is -0.238. The molecule has 1 aliphatic heterocycles. The third kappa shape index (κ3) is 5.29. The Morgan fingerprint density at radius 2 is 2.04 bits per heavy atom. The molecule has 27 heavy (non-hydrogen) atoms. The lowest BCUT2D eigenvalue weighted by Crippen LogP contribution is -2.42. The minimum absolute atomic E-state index is 0.215. The molecule has 8 nitrogen and oxygen atoms in total. The summed E-state index contributed by atoms with van der Waals surface area (Å²) in [7, 11) is 1.98. The van der Waals surface area contributed by atoms with Gasteiger partial charge in [-0.15, -0.1) is 5.10 Å². The molecule has 3 rings (SSSR count). The third-order valence-electron chi connectivity index (χ3n) is 4.55. The first kappa shape index (κ1) is 18.9. The summed E-state index contributed by atoms with van der Waals surface area (Å²) in [4.78, 5) is 20.1. The van der Waals surface area contributed by atoms with Crippen LogP contribution in [0.3, 0.4) is 0 Å². The van der Waals surface area contributed by atoms with Crippen molar-refractivity contribution in [2.75, 3.05) is 37.0 Å². The van der Waals surface area contributed by atoms with E-state index in [2.05, 4.69) is 32.6 Å². The quantitative estimate of drug-likeness (QED) is 0.836. The van der Waals surface area contributed by atoms with Crippen LogP contribution < -0.4 is 10.2 Å². The number of carbonyl (C=O) groups is 1. The minimum Gasteiger partial charge on any atom is -0.450 e. The van der Waals surface area contributed by atoms with Crippen molar-refractivity contribution >= 4 is 17.9 Å². The Morgan fingerprint density at radius 3 is 2.74 bits per heavy atom. The van der Waals surface area contributed by atoms with Crippen molar-refractivity contribution in [1.29, 1.82) is 0 Å². The van der Waals surface area contributed by atoms with Crippen LogP contribution in [0.1, 0.15) is 25.3 Å². The number of aromatic nitrogens is 3. The number of benzene rings is 1. The lowest BCUT2D eigenvalue weighted by Gasteiger charge is -2.31. The lowest BCUT2D eigenvalue weighted by molar-refractivity contribution is 0.0983. The Bertz CT molecular complexity index is 734. The number of nitrogens with one attached hydrogen (secondary N) is 1. The van der Waals surface area contributed by atoms with Crippen molar-refractivity contribution in [3.8, 4) is 0 Å². The Hall–Kier alpha value is -2.90. The summed E-state index contributed by atoms with van der Waals surface area (Å²) in [5.41, 5.74) is 1.21. The van der Waals surface area contributed by atoms with E-state index in [0.29, 0.717) is 25.6 Å². The van der Waals surface area contributed by atoms with Crippen molar-refractivity contribution in [2.45, 2.75) is 32.4 Å². The van der Waals surface area contributed by atoms with Gasteiger partial charge < -0.3 is 19.9 Å². The van der Waals surface area contributed by atoms with E-state index in [-0.39, 0.29) is 12.1 Å². The topological polar surface area (TPSA) is 83.5 Å². The molecule has 1 N–H and O–H groups in total. The monoisotopic (exact) mass is 370 g/mol. The summed E-state index contributed by atoms with van der Waals surface area (Å²) in [6.07, 6.45) is 3.08. The van der Waals surface area contributed by atoms with Gasteiger partial charge in [-0.2, -0.15) is 10.1 Å². The zero-order valence-electron chi connectivity index (χ0n) is 15.8. The molecule has 0 atom stereocenters. The molecule has 1 aromatic heterocycles. The molecule has 1 amide bonds. The van der Waals surface area contributed by atoms with Gasteiger partial charge in [-0.3, -0.25) is 0 Å². The molecule has 1 aliphatic rings. The SMILES string of the molecule is CCOC(=O)N1CCC(Nc2nncc(N(C)Cc3ccccc3)n2)CC1. The van der Waals surface area contributed by atoms with Gasteiger partial charge >= 0.3 is 6.09 Å². The number of amides is 1. The van der Waals surface area contributed by atoms with E-state index in [9.17, 15) is 4.79 Å². The number of hydrogen-bond donors (Lipinski definition) is 1. The molecular weight excluding hydrogens is 344 g/mol. The summed E-state index contributed by atoms with van der Waals surface area (Å²) in [5, 5.41) is 11.5. The zero-order chi connectivity index (χ0) is 19.1. The summed E-state index contributed by atoms with van der Waals surface area (Å²) < 4.78 is 5.05. The van der Waals surface area contributed by atoms with Gasteiger partial charge in [0.1, 0.15) is 0 Å². The normalized spacial score (nSPS) is 14.7. The predicted octanol–water partition coefficient (Wildman–Crippen LogP) is 2.54. The summed E-state index contributed by atoms with van der Waals surface area (Å²) >= 11 is 0. The Morgan fingerprint density at radius 1 is 1.30 bits per heavy atom. The first-order chi connectivity index (χ1) is 13.2. The van der Waals surface area contributed by atoms with Gasteiger partial charge in [0.25, 0.3) is 0 Å². The van der Waals surface area contributed by atoms with Crippen LogP contribution in [0.15, 0.2) is 36.5 Å². The first-order valence-electron chi connectivity index (χ1n) is 9.28. The van der Waals surface area contributed by atoms with Gasteiger partial charge in [0, 0.05) is 32.7 Å². The summed E-state index contributed by atoms with van der Waals surface area (Å²) in [6, 6.07) is 10.4. The zero-order valence-corrected chi connectivity index (χ0v) is 15.8. The highest BCUT2D eigenvalue weighted by Crippen LogP contribution is 2.17. The number of hydrogen-bond acceptors (Lipinski definition) is 7. The second-order valence-electron chi connectivity index (χ2n) is 6.58. The average Bonchev–Trinajstić information content (AvgIpc) is 2.70. The highest BCUT2D eigenvalue weighted by Gasteiger charge is 2.24. The molecule has 0 saturated carbocycles. The second kappa shape index (κ2) is 9.16. The third-order valence-corrected chi connectivity index (χ3v) is 4.55. The van der Waals surface area contributed by atoms with Crippen molar-refractivity contribution in [2.24, 2.45) is 0 Å². The van der Waals surface area contributed by atoms with Gasteiger partial charge in [0.15, 0.2) is 5.82 Å². The van der Waals surface area contributed by atoms with Crippen LogP contribution in [0, 0.1) is 0 Å². The molecule has 2 heterocycles. The van der Waals surface area contributed by atoms with Gasteiger partial charge in [-0.05, 0) is 25.3 Å². The molecule has 2 aromatic rings. The first-order valence-corrected chi connectivity index (χ1v) is 9.28. The highest BCUT2D eigenvalue weighted by molar-refractivity contribution is 5.67. The van der Waals surface area contributed by atoms with Gasteiger partial charge in [-0.25, -0.2) is 4.79 Å². The second-order valence-corrected chi connectivity index (χ2v) is 6.58. The van der Waals surface area contributed by atoms with Gasteiger partial charge in [-0.1, -0.05) is 30.3 Å². The smallest absolute Gasteiger partial charge is 0.409 e. The van der Waals surface area contributed by atoms with E-state index in [1.807, 2.05) is 37.1 Å². The number of anilines is 2. The largest absolute Gasteiger partial charge is 0.450 e. The predicted molar refractivity (Wildman–Crippen MR) is 104 cm³/mol. The molecule has 144 valence electrons. The number of ether oxygens (including phenoxy) is 1. The van der Waals surface area contributed by atoms with E-state index in [0.717, 1.165) is 25.2 Å². The van der Waals surface area contributed by atoms with Crippen LogP contribution >= 0.6 is 0 Å². The van der Waals surface area contributed by atoms with Crippen LogP contribution in [0.4, 0.5) is 16.6 Å². The number of rotatable bonds is 6. The number of likely N-dealkylation sites (tertiary alicyclic amines) is 1. The molecule has 0 spiro atoms. The number of nitrogens with zero attached hydrogens (tertiary/aromatic N) is 5. The molecule has 0 aliphatic carbocycles. The highest BCUT2D eigenvalue weighted by atomic mass is 16.6. The van der Waals surface area contributed by atoms with Crippen molar-refractivity contribution in [3.63, 3.8) is 0 Å². The molecular formula is C19H26N6O2. The molecule has 1 saturated heterocycles. The number of piperidine rings is 1. The summed E-state index contributed by atoms with van der Waals surface area (Å²) in [5.74, 6) is 1.28. The van der Waals surface area contributed by atoms with Crippen LogP contribution in [0.2, 0.25) is 0 Å². The fraction of sp³-hybridized carbons (Fsp3) is 0.474. The maximum atomic E-state index is 11.8. The maximum Gasteiger partial charge on any atom is 0.409 e. The molecule has 1 aromatic carbocycles. The van der Waals surface area contributed by atoms with Crippen LogP contribution in [0.5, 0.6) is 0 Å². The lowest BCUT2D eigenvalue weighted by atomic mass is 10.1. The van der Waals surface area contributed by atoms with E-state index in [4.69, 9.17) is 4.74 Å². The van der Waals surface area contributed by atoms with E-state index in [1.165, 1.54) is 5.56 Å². The molecule has 0 bridgehead atoms. The van der Waals surface area contributed by atoms with Crippen LogP contribution in [0.25, 0.3) is 0 Å². The van der Waals surface area contributed by atoms with E-state index >= 15 is 0 Å². The van der Waals surface area contributed by atoms with Crippen LogP contribution in [-0.2, 0) is 11.3 Å². The fourth-order valence-corrected chi connectivity index (χ4v) is 3.08. The van der Waals surface area contributed by atoms with Crippen molar-refractivity contribution in [1.82, 2.24) is 20.1 Å². The molecule has 0 radical (unpaired) electrons. The van der Waals surface area contributed by atoms with E-state index < -0.39 is 0 Å². The van der Waals surface area contributed by atoms with Gasteiger partial charge in [0.2, 0.25) is 5.95 Å². The Labute approximate surface area is 159 Å². The fourth-order valence-electron chi connectivity index (χ4n) is 3.08. The van der Waals surface area contributed by atoms with Crippen molar-refractivity contribution in [3.05, 3.63) is 42.1 Å².